The zero-order valence-electron chi connectivity index (χ0n) is 9.11. The highest BCUT2D eigenvalue weighted by Crippen LogP contribution is 2.17. The number of rotatable bonds is 2. The number of nitrogens with zero attached hydrogens (tertiary/aromatic N) is 3. The minimum Gasteiger partial charge on any atom is -0.354 e. The molecule has 0 spiro atoms. The molecule has 1 amide bonds. The summed E-state index contributed by atoms with van der Waals surface area (Å²) in [6, 6.07) is 0. The summed E-state index contributed by atoms with van der Waals surface area (Å²) in [7, 11) is 0. The van der Waals surface area contributed by atoms with E-state index < -0.39 is 5.82 Å². The van der Waals surface area contributed by atoms with Gasteiger partial charge in [0.1, 0.15) is 0 Å². The van der Waals surface area contributed by atoms with Crippen molar-refractivity contribution in [2.75, 3.05) is 30.0 Å². The fraction of sp³-hybridized carbons (Fsp3) is 0.444. The van der Waals surface area contributed by atoms with Gasteiger partial charge in [-0.3, -0.25) is 10.2 Å². The van der Waals surface area contributed by atoms with Crippen LogP contribution >= 0.6 is 0 Å². The molecule has 7 nitrogen and oxygen atoms in total. The van der Waals surface area contributed by atoms with Gasteiger partial charge in [0.2, 0.25) is 11.9 Å². The smallest absolute Gasteiger partial charge is 0.239 e. The first-order valence-electron chi connectivity index (χ1n) is 5.21. The van der Waals surface area contributed by atoms with Gasteiger partial charge in [0.25, 0.3) is 0 Å². The van der Waals surface area contributed by atoms with Gasteiger partial charge in [0.05, 0.1) is 6.20 Å². The predicted molar refractivity (Wildman–Crippen MR) is 59.6 cm³/mol. The largest absolute Gasteiger partial charge is 0.354 e. The number of nitrogens with one attached hydrogen (secondary N) is 2. The molecule has 0 bridgehead atoms. The normalized spacial score (nSPS) is 16.4. The SMILES string of the molecule is NNc1ncc(F)c(N2CCNC(=O)CC2)n1. The highest BCUT2D eigenvalue weighted by atomic mass is 19.1. The number of hydrogen-bond donors (Lipinski definition) is 3. The number of carbonyl (C=O) groups is 1. The van der Waals surface area contributed by atoms with Gasteiger partial charge in [-0.05, 0) is 0 Å². The van der Waals surface area contributed by atoms with Crippen molar-refractivity contribution in [1.29, 1.82) is 0 Å². The molecule has 1 aliphatic heterocycles. The second-order valence-electron chi connectivity index (χ2n) is 3.60. The Hall–Kier alpha value is -1.96. The number of amides is 1. The van der Waals surface area contributed by atoms with E-state index in [0.717, 1.165) is 6.20 Å². The third-order valence-electron chi connectivity index (χ3n) is 2.47. The molecule has 2 heterocycles. The van der Waals surface area contributed by atoms with E-state index in [1.54, 1.807) is 4.90 Å². The Morgan fingerprint density at radius 3 is 3.12 bits per heavy atom. The molecule has 0 saturated carbocycles. The molecule has 92 valence electrons. The van der Waals surface area contributed by atoms with Crippen molar-refractivity contribution < 1.29 is 9.18 Å². The van der Waals surface area contributed by atoms with Gasteiger partial charge in [0.15, 0.2) is 11.6 Å². The van der Waals surface area contributed by atoms with Crippen molar-refractivity contribution in [3.05, 3.63) is 12.0 Å². The summed E-state index contributed by atoms with van der Waals surface area (Å²) in [5, 5.41) is 2.71. The molecule has 0 aromatic carbocycles. The van der Waals surface area contributed by atoms with Crippen molar-refractivity contribution in [3.63, 3.8) is 0 Å². The molecule has 1 saturated heterocycles. The molecule has 1 fully saturated rings. The number of nitrogens with two attached hydrogens (primary N) is 1. The van der Waals surface area contributed by atoms with Gasteiger partial charge in [-0.25, -0.2) is 15.2 Å². The van der Waals surface area contributed by atoms with Crippen LogP contribution in [0.5, 0.6) is 0 Å². The number of anilines is 2. The van der Waals surface area contributed by atoms with Crippen LogP contribution in [-0.2, 0) is 4.79 Å². The van der Waals surface area contributed by atoms with Crippen molar-refractivity contribution in [1.82, 2.24) is 15.3 Å². The standard InChI is InChI=1S/C9H13FN6O/c10-6-5-13-9(15-11)14-8(6)16-3-1-7(17)12-2-4-16/h5H,1-4,11H2,(H,12,17)(H,13,14,15). The van der Waals surface area contributed by atoms with Gasteiger partial charge in [-0.1, -0.05) is 0 Å². The lowest BCUT2D eigenvalue weighted by Crippen LogP contribution is -2.30. The van der Waals surface area contributed by atoms with Crippen LogP contribution < -0.4 is 21.5 Å². The molecule has 0 radical (unpaired) electrons. The van der Waals surface area contributed by atoms with Crippen molar-refractivity contribution >= 4 is 17.7 Å². The van der Waals surface area contributed by atoms with E-state index in [9.17, 15) is 9.18 Å². The predicted octanol–water partition coefficient (Wildman–Crippen LogP) is -0.772. The third kappa shape index (κ3) is 2.59. The highest BCUT2D eigenvalue weighted by molar-refractivity contribution is 5.77. The van der Waals surface area contributed by atoms with Crippen LogP contribution in [0.4, 0.5) is 16.2 Å². The molecule has 1 aromatic rings. The number of hydrazine groups is 1. The second kappa shape index (κ2) is 4.91. The van der Waals surface area contributed by atoms with Gasteiger partial charge in [-0.2, -0.15) is 4.98 Å². The summed E-state index contributed by atoms with van der Waals surface area (Å²) in [5.74, 6) is 4.90. The van der Waals surface area contributed by atoms with Crippen LogP contribution in [0, 0.1) is 5.82 Å². The molecule has 8 heteroatoms. The highest BCUT2D eigenvalue weighted by Gasteiger charge is 2.18. The van der Waals surface area contributed by atoms with Gasteiger partial charge < -0.3 is 10.2 Å². The summed E-state index contributed by atoms with van der Waals surface area (Å²) in [6.45, 7) is 1.39. The number of halogens is 1. The number of aromatic nitrogens is 2. The summed E-state index contributed by atoms with van der Waals surface area (Å²) in [4.78, 5) is 20.5. The lowest BCUT2D eigenvalue weighted by Gasteiger charge is -2.21. The van der Waals surface area contributed by atoms with E-state index in [1.807, 2.05) is 0 Å². The maximum absolute atomic E-state index is 13.6. The average molecular weight is 240 g/mol. The Labute approximate surface area is 97.2 Å². The first-order valence-corrected chi connectivity index (χ1v) is 5.21. The Kier molecular flexibility index (Phi) is 3.33. The van der Waals surface area contributed by atoms with E-state index in [-0.39, 0.29) is 17.7 Å². The first kappa shape index (κ1) is 11.5. The van der Waals surface area contributed by atoms with Crippen molar-refractivity contribution in [3.8, 4) is 0 Å². The quantitative estimate of drug-likeness (QED) is 0.464. The molecule has 2 rings (SSSR count). The number of nitrogen functional groups attached to an aromatic ring is 1. The van der Waals surface area contributed by atoms with E-state index in [4.69, 9.17) is 5.84 Å². The number of hydrogen-bond acceptors (Lipinski definition) is 6. The Balaban J connectivity index is 2.22. The zero-order valence-corrected chi connectivity index (χ0v) is 9.11. The zero-order chi connectivity index (χ0) is 12.3. The Morgan fingerprint density at radius 2 is 2.35 bits per heavy atom. The summed E-state index contributed by atoms with van der Waals surface area (Å²) in [6.07, 6.45) is 1.37. The van der Waals surface area contributed by atoms with E-state index in [0.29, 0.717) is 26.1 Å². The Bertz CT molecular complexity index is 426. The van der Waals surface area contributed by atoms with E-state index in [2.05, 4.69) is 20.7 Å². The lowest BCUT2D eigenvalue weighted by atomic mass is 10.3. The molecule has 0 atom stereocenters. The molecule has 0 unspecified atom stereocenters. The third-order valence-corrected chi connectivity index (χ3v) is 2.47. The molecular weight excluding hydrogens is 227 g/mol. The molecule has 1 aromatic heterocycles. The van der Waals surface area contributed by atoms with Gasteiger partial charge in [0, 0.05) is 26.1 Å². The van der Waals surface area contributed by atoms with Crippen LogP contribution in [-0.4, -0.2) is 35.5 Å². The molecule has 4 N–H and O–H groups in total. The molecule has 0 aliphatic carbocycles. The molecule has 17 heavy (non-hydrogen) atoms. The molecular formula is C9H13FN6O. The minimum absolute atomic E-state index is 0.0425. The molecule has 1 aliphatic rings. The van der Waals surface area contributed by atoms with Crippen LogP contribution in [0.1, 0.15) is 6.42 Å². The van der Waals surface area contributed by atoms with Crippen LogP contribution in [0.2, 0.25) is 0 Å². The maximum atomic E-state index is 13.6. The van der Waals surface area contributed by atoms with Crippen LogP contribution in [0.15, 0.2) is 6.20 Å². The summed E-state index contributed by atoms with van der Waals surface area (Å²) >= 11 is 0. The van der Waals surface area contributed by atoms with E-state index >= 15 is 0 Å². The number of carbonyl (C=O) groups excluding carboxylic acids is 1. The second-order valence-corrected chi connectivity index (χ2v) is 3.60. The minimum atomic E-state index is -0.529. The van der Waals surface area contributed by atoms with Crippen molar-refractivity contribution in [2.45, 2.75) is 6.42 Å². The van der Waals surface area contributed by atoms with Crippen molar-refractivity contribution in [2.24, 2.45) is 5.84 Å². The topological polar surface area (TPSA) is 96.2 Å². The van der Waals surface area contributed by atoms with Crippen LogP contribution in [0.25, 0.3) is 0 Å². The van der Waals surface area contributed by atoms with E-state index in [1.165, 1.54) is 0 Å². The summed E-state index contributed by atoms with van der Waals surface area (Å²) in [5.41, 5.74) is 2.26. The maximum Gasteiger partial charge on any atom is 0.239 e. The fourth-order valence-corrected chi connectivity index (χ4v) is 1.63. The Morgan fingerprint density at radius 1 is 1.53 bits per heavy atom. The van der Waals surface area contributed by atoms with Gasteiger partial charge in [-0.15, -0.1) is 0 Å². The van der Waals surface area contributed by atoms with Gasteiger partial charge >= 0.3 is 0 Å². The lowest BCUT2D eigenvalue weighted by molar-refractivity contribution is -0.120. The monoisotopic (exact) mass is 240 g/mol. The fourth-order valence-electron chi connectivity index (χ4n) is 1.63. The van der Waals surface area contributed by atoms with Crippen LogP contribution in [0.3, 0.4) is 0 Å². The first-order chi connectivity index (χ1) is 8.20. The summed E-state index contributed by atoms with van der Waals surface area (Å²) < 4.78 is 13.6. The average Bonchev–Trinajstić information content (AvgIpc) is 2.55.